The first kappa shape index (κ1) is 16.8. The summed E-state index contributed by atoms with van der Waals surface area (Å²) in [5, 5.41) is 2.67. The van der Waals surface area contributed by atoms with Crippen molar-refractivity contribution in [3.8, 4) is 11.1 Å². The van der Waals surface area contributed by atoms with Crippen molar-refractivity contribution < 1.29 is 0 Å². The van der Waals surface area contributed by atoms with E-state index in [1.807, 2.05) is 0 Å². The summed E-state index contributed by atoms with van der Waals surface area (Å²) in [5.41, 5.74) is 5.69. The standard InChI is InChI=1S/C24H28/c1-23(2,3)16-17-14-19-8-7-9-21(22(19)15-17)18-10-12-20(13-11-18)24(4,5)6/h7-16H,1-6H3. The Hall–Kier alpha value is -2.08. The minimum Gasteiger partial charge on any atom is -0.0718 e. The summed E-state index contributed by atoms with van der Waals surface area (Å²) in [4.78, 5) is 0. The average Bonchev–Trinajstić information content (AvgIpc) is 2.86. The number of allylic oxidation sites excluding steroid dienone is 2. The number of rotatable bonds is 1. The normalized spacial score (nSPS) is 15.8. The fourth-order valence-electron chi connectivity index (χ4n) is 3.24. The first-order valence-corrected chi connectivity index (χ1v) is 8.80. The predicted octanol–water partition coefficient (Wildman–Crippen LogP) is 5.20. The zero-order valence-corrected chi connectivity index (χ0v) is 15.8. The maximum absolute atomic E-state index is 2.35. The van der Waals surface area contributed by atoms with Gasteiger partial charge in [-0.3, -0.25) is 0 Å². The van der Waals surface area contributed by atoms with E-state index in [0.717, 1.165) is 0 Å². The van der Waals surface area contributed by atoms with Crippen molar-refractivity contribution in [3.05, 3.63) is 70.1 Å². The third-order valence-electron chi connectivity index (χ3n) is 4.43. The Labute approximate surface area is 146 Å². The van der Waals surface area contributed by atoms with Crippen molar-refractivity contribution in [2.24, 2.45) is 5.41 Å². The van der Waals surface area contributed by atoms with Gasteiger partial charge in [0, 0.05) is 0 Å². The van der Waals surface area contributed by atoms with E-state index in [0.29, 0.717) is 0 Å². The van der Waals surface area contributed by atoms with Crippen LogP contribution in [0.3, 0.4) is 0 Å². The summed E-state index contributed by atoms with van der Waals surface area (Å²) in [7, 11) is 0. The van der Waals surface area contributed by atoms with Crippen LogP contribution in [0, 0.1) is 5.41 Å². The number of benzene rings is 2. The Morgan fingerprint density at radius 2 is 1.42 bits per heavy atom. The molecule has 0 heterocycles. The highest BCUT2D eigenvalue weighted by Gasteiger charge is 2.14. The second kappa shape index (κ2) is 5.77. The fourth-order valence-corrected chi connectivity index (χ4v) is 3.24. The highest BCUT2D eigenvalue weighted by atomic mass is 14.2. The van der Waals surface area contributed by atoms with Gasteiger partial charge in [-0.1, -0.05) is 90.1 Å². The molecule has 0 bridgehead atoms. The molecule has 1 aliphatic rings. The SMILES string of the molecule is CC(C)(C)C=C1C=c2cccc(-c3ccc(C(C)(C)C)cc3)c2=C1. The van der Waals surface area contributed by atoms with Gasteiger partial charge in [0.15, 0.2) is 0 Å². The second-order valence-corrected chi connectivity index (χ2v) is 8.93. The minimum absolute atomic E-state index is 0.193. The molecule has 2 aromatic rings. The van der Waals surface area contributed by atoms with Crippen LogP contribution in [0.15, 0.2) is 54.1 Å². The smallest absolute Gasteiger partial charge is 0.00994 e. The predicted molar refractivity (Wildman–Crippen MR) is 106 cm³/mol. The monoisotopic (exact) mass is 316 g/mol. The van der Waals surface area contributed by atoms with Crippen LogP contribution in [0.2, 0.25) is 0 Å². The molecule has 0 aliphatic heterocycles. The number of hydrogen-bond donors (Lipinski definition) is 0. The molecule has 0 unspecified atom stereocenters. The van der Waals surface area contributed by atoms with E-state index in [2.05, 4.69) is 102 Å². The Bertz CT molecular complexity index is 892. The molecule has 0 fully saturated rings. The van der Waals surface area contributed by atoms with Crippen LogP contribution in [0.4, 0.5) is 0 Å². The third kappa shape index (κ3) is 3.53. The van der Waals surface area contributed by atoms with Gasteiger partial charge in [-0.25, -0.2) is 0 Å². The average molecular weight is 316 g/mol. The summed E-state index contributed by atoms with van der Waals surface area (Å²) in [6, 6.07) is 15.7. The van der Waals surface area contributed by atoms with E-state index in [-0.39, 0.29) is 10.8 Å². The molecule has 0 aromatic heterocycles. The van der Waals surface area contributed by atoms with Gasteiger partial charge in [-0.2, -0.15) is 0 Å². The molecule has 124 valence electrons. The van der Waals surface area contributed by atoms with Crippen LogP contribution in [0.1, 0.15) is 47.1 Å². The highest BCUT2D eigenvalue weighted by Crippen LogP contribution is 2.25. The van der Waals surface area contributed by atoms with Gasteiger partial charge in [0.05, 0.1) is 0 Å². The molecule has 1 aliphatic carbocycles. The molecule has 0 nitrogen and oxygen atoms in total. The molecule has 3 rings (SSSR count). The number of hydrogen-bond acceptors (Lipinski definition) is 0. The van der Waals surface area contributed by atoms with Crippen LogP contribution in [-0.4, -0.2) is 0 Å². The summed E-state index contributed by atoms with van der Waals surface area (Å²) < 4.78 is 0. The quantitative estimate of drug-likeness (QED) is 0.678. The van der Waals surface area contributed by atoms with E-state index >= 15 is 0 Å². The zero-order valence-electron chi connectivity index (χ0n) is 15.8. The van der Waals surface area contributed by atoms with Crippen molar-refractivity contribution in [2.75, 3.05) is 0 Å². The van der Waals surface area contributed by atoms with Crippen LogP contribution in [-0.2, 0) is 5.41 Å². The Morgan fingerprint density at radius 1 is 0.750 bits per heavy atom. The van der Waals surface area contributed by atoms with Crippen LogP contribution in [0.25, 0.3) is 23.3 Å². The lowest BCUT2D eigenvalue weighted by atomic mass is 9.86. The largest absolute Gasteiger partial charge is 0.0718 e. The van der Waals surface area contributed by atoms with Gasteiger partial charge >= 0.3 is 0 Å². The van der Waals surface area contributed by atoms with Crippen LogP contribution < -0.4 is 10.4 Å². The van der Waals surface area contributed by atoms with Crippen LogP contribution in [0.5, 0.6) is 0 Å². The van der Waals surface area contributed by atoms with Crippen molar-refractivity contribution in [1.82, 2.24) is 0 Å². The van der Waals surface area contributed by atoms with Gasteiger partial charge in [0.2, 0.25) is 0 Å². The Morgan fingerprint density at radius 3 is 2.00 bits per heavy atom. The van der Waals surface area contributed by atoms with Crippen molar-refractivity contribution in [3.63, 3.8) is 0 Å². The van der Waals surface area contributed by atoms with Crippen molar-refractivity contribution in [2.45, 2.75) is 47.0 Å². The Kier molecular flexibility index (Phi) is 4.03. The van der Waals surface area contributed by atoms with Gasteiger partial charge in [-0.05, 0) is 55.7 Å². The molecule has 0 atom stereocenters. The fraction of sp³-hybridized carbons (Fsp3) is 0.333. The molecule has 24 heavy (non-hydrogen) atoms. The van der Waals surface area contributed by atoms with Crippen molar-refractivity contribution >= 4 is 12.2 Å². The first-order chi connectivity index (χ1) is 11.1. The van der Waals surface area contributed by atoms with Gasteiger partial charge in [0.1, 0.15) is 0 Å². The van der Waals surface area contributed by atoms with Gasteiger partial charge in [0.25, 0.3) is 0 Å². The lowest BCUT2D eigenvalue weighted by Crippen LogP contribution is -2.23. The zero-order chi connectivity index (χ0) is 17.5. The van der Waals surface area contributed by atoms with Crippen LogP contribution >= 0.6 is 0 Å². The number of fused-ring (bicyclic) bond motifs is 1. The summed E-state index contributed by atoms with van der Waals surface area (Å²) >= 11 is 0. The van der Waals surface area contributed by atoms with E-state index in [1.54, 1.807) is 0 Å². The highest BCUT2D eigenvalue weighted by molar-refractivity contribution is 5.78. The maximum Gasteiger partial charge on any atom is -0.00994 e. The van der Waals surface area contributed by atoms with E-state index in [4.69, 9.17) is 0 Å². The molecule has 0 spiro atoms. The summed E-state index contributed by atoms with van der Waals surface area (Å²) in [5.74, 6) is 0. The molecular formula is C24H28. The van der Waals surface area contributed by atoms with Gasteiger partial charge < -0.3 is 0 Å². The van der Waals surface area contributed by atoms with E-state index in [9.17, 15) is 0 Å². The van der Waals surface area contributed by atoms with E-state index < -0.39 is 0 Å². The third-order valence-corrected chi connectivity index (χ3v) is 4.43. The first-order valence-electron chi connectivity index (χ1n) is 8.80. The molecule has 0 heteroatoms. The lowest BCUT2D eigenvalue weighted by molar-refractivity contribution is 0.543. The summed E-state index contributed by atoms with van der Waals surface area (Å²) in [6.07, 6.45) is 6.97. The van der Waals surface area contributed by atoms with E-state index in [1.165, 1.54) is 32.7 Å². The maximum atomic E-state index is 2.35. The minimum atomic E-state index is 0.193. The molecule has 2 aromatic carbocycles. The summed E-state index contributed by atoms with van der Waals surface area (Å²) in [6.45, 7) is 13.5. The molecule has 0 N–H and O–H groups in total. The lowest BCUT2D eigenvalue weighted by Gasteiger charge is -2.19. The second-order valence-electron chi connectivity index (χ2n) is 8.93. The Balaban J connectivity index is 2.09. The molecular weight excluding hydrogens is 288 g/mol. The van der Waals surface area contributed by atoms with Gasteiger partial charge in [-0.15, -0.1) is 0 Å². The van der Waals surface area contributed by atoms with Crippen molar-refractivity contribution in [1.29, 1.82) is 0 Å². The molecule has 0 saturated carbocycles. The molecule has 0 radical (unpaired) electrons. The topological polar surface area (TPSA) is 0 Å². The molecule has 0 saturated heterocycles. The molecule has 0 amide bonds.